The van der Waals surface area contributed by atoms with E-state index in [1.54, 1.807) is 6.07 Å². The van der Waals surface area contributed by atoms with E-state index < -0.39 is 0 Å². The van der Waals surface area contributed by atoms with E-state index in [0.717, 1.165) is 0 Å². The molecule has 0 aliphatic carbocycles. The van der Waals surface area contributed by atoms with Gasteiger partial charge in [-0.15, -0.1) is 0 Å². The van der Waals surface area contributed by atoms with Crippen molar-refractivity contribution in [3.05, 3.63) is 35.4 Å². The summed E-state index contributed by atoms with van der Waals surface area (Å²) in [6.07, 6.45) is 2.86. The van der Waals surface area contributed by atoms with Gasteiger partial charge in [-0.05, 0) is 12.1 Å². The van der Waals surface area contributed by atoms with Crippen molar-refractivity contribution in [2.75, 3.05) is 11.1 Å². The molecular formula is C9H8ClN5O. The van der Waals surface area contributed by atoms with Crippen LogP contribution in [0.4, 0.5) is 11.4 Å². The molecule has 0 radical (unpaired) electrons. The molecule has 0 aliphatic heterocycles. The highest BCUT2D eigenvalue weighted by molar-refractivity contribution is 6.29. The van der Waals surface area contributed by atoms with Gasteiger partial charge in [-0.1, -0.05) is 11.6 Å². The van der Waals surface area contributed by atoms with E-state index in [4.69, 9.17) is 17.3 Å². The van der Waals surface area contributed by atoms with E-state index in [9.17, 15) is 4.79 Å². The molecule has 4 N–H and O–H groups in total. The lowest BCUT2D eigenvalue weighted by Crippen LogP contribution is -2.14. The Kier molecular flexibility index (Phi) is 2.74. The molecule has 0 aliphatic rings. The molecule has 82 valence electrons. The Bertz CT molecular complexity index is 524. The summed E-state index contributed by atoms with van der Waals surface area (Å²) in [6, 6.07) is 3.16. The number of rotatable bonds is 2. The highest BCUT2D eigenvalue weighted by Gasteiger charge is 2.11. The Morgan fingerprint density at radius 3 is 3.00 bits per heavy atom. The molecule has 2 aromatic rings. The molecule has 7 heteroatoms. The molecule has 0 fully saturated rings. The first-order chi connectivity index (χ1) is 7.66. The molecule has 0 bridgehead atoms. The molecule has 2 rings (SSSR count). The lowest BCUT2D eigenvalue weighted by Gasteiger charge is -2.03. The average Bonchev–Trinajstić information content (AvgIpc) is 2.64. The van der Waals surface area contributed by atoms with Crippen LogP contribution in [0.5, 0.6) is 0 Å². The fourth-order valence-corrected chi connectivity index (χ4v) is 1.33. The largest absolute Gasteiger partial charge is 0.396 e. The van der Waals surface area contributed by atoms with Crippen molar-refractivity contribution in [3.63, 3.8) is 0 Å². The summed E-state index contributed by atoms with van der Waals surface area (Å²) in [4.78, 5) is 15.5. The number of halogens is 1. The van der Waals surface area contributed by atoms with Crippen LogP contribution in [0.2, 0.25) is 5.15 Å². The van der Waals surface area contributed by atoms with Gasteiger partial charge in [0.1, 0.15) is 10.8 Å². The Morgan fingerprint density at radius 2 is 2.38 bits per heavy atom. The number of nitrogens with zero attached hydrogens (tertiary/aromatic N) is 2. The maximum atomic E-state index is 11.7. The molecule has 0 spiro atoms. The average molecular weight is 238 g/mol. The van der Waals surface area contributed by atoms with E-state index in [-0.39, 0.29) is 17.3 Å². The Balaban J connectivity index is 2.17. The molecule has 6 nitrogen and oxygen atoms in total. The summed E-state index contributed by atoms with van der Waals surface area (Å²) in [7, 11) is 0. The topological polar surface area (TPSA) is 96.7 Å². The first-order valence-electron chi connectivity index (χ1n) is 4.38. The van der Waals surface area contributed by atoms with Gasteiger partial charge in [0.15, 0.2) is 0 Å². The number of amides is 1. The molecule has 2 heterocycles. The lowest BCUT2D eigenvalue weighted by molar-refractivity contribution is 0.102. The van der Waals surface area contributed by atoms with Crippen molar-refractivity contribution >= 4 is 28.9 Å². The second-order valence-electron chi connectivity index (χ2n) is 3.02. The minimum atomic E-state index is -0.378. The molecular weight excluding hydrogens is 230 g/mol. The van der Waals surface area contributed by atoms with E-state index in [2.05, 4.69) is 20.5 Å². The molecule has 0 saturated carbocycles. The maximum absolute atomic E-state index is 11.7. The molecule has 0 unspecified atom stereocenters. The molecule has 0 aromatic carbocycles. The van der Waals surface area contributed by atoms with E-state index in [1.165, 1.54) is 18.5 Å². The van der Waals surface area contributed by atoms with E-state index in [1.807, 2.05) is 0 Å². The molecule has 2 aromatic heterocycles. The number of anilines is 2. The van der Waals surface area contributed by atoms with Crippen LogP contribution in [-0.2, 0) is 0 Å². The number of nitrogen functional groups attached to an aromatic ring is 1. The SMILES string of the molecule is Nc1cn[nH]c1C(=O)Nc1ccnc(Cl)c1. The highest BCUT2D eigenvalue weighted by Crippen LogP contribution is 2.14. The minimum absolute atomic E-state index is 0.216. The van der Waals surface area contributed by atoms with Gasteiger partial charge in [-0.3, -0.25) is 9.89 Å². The summed E-state index contributed by atoms with van der Waals surface area (Å²) in [6.45, 7) is 0. The predicted molar refractivity (Wildman–Crippen MR) is 60.2 cm³/mol. The highest BCUT2D eigenvalue weighted by atomic mass is 35.5. The minimum Gasteiger partial charge on any atom is -0.396 e. The fraction of sp³-hybridized carbons (Fsp3) is 0. The van der Waals surface area contributed by atoms with Crippen molar-refractivity contribution in [2.24, 2.45) is 0 Å². The third-order valence-corrected chi connectivity index (χ3v) is 2.09. The van der Waals surface area contributed by atoms with E-state index in [0.29, 0.717) is 10.8 Å². The predicted octanol–water partition coefficient (Wildman–Crippen LogP) is 1.29. The van der Waals surface area contributed by atoms with Crippen LogP contribution in [0.15, 0.2) is 24.5 Å². The van der Waals surface area contributed by atoms with Gasteiger partial charge in [-0.25, -0.2) is 4.98 Å². The summed E-state index contributed by atoms with van der Waals surface area (Å²) < 4.78 is 0. The number of hydrogen-bond donors (Lipinski definition) is 3. The molecule has 1 amide bonds. The monoisotopic (exact) mass is 237 g/mol. The maximum Gasteiger partial charge on any atom is 0.275 e. The van der Waals surface area contributed by atoms with Gasteiger partial charge in [-0.2, -0.15) is 5.10 Å². The quantitative estimate of drug-likeness (QED) is 0.686. The zero-order chi connectivity index (χ0) is 11.5. The van der Waals surface area contributed by atoms with Gasteiger partial charge in [0.05, 0.1) is 11.9 Å². The van der Waals surface area contributed by atoms with Crippen molar-refractivity contribution < 1.29 is 4.79 Å². The number of carbonyl (C=O) groups excluding carboxylic acids is 1. The number of nitrogens with one attached hydrogen (secondary N) is 2. The summed E-state index contributed by atoms with van der Waals surface area (Å²) in [5.41, 5.74) is 6.58. The van der Waals surface area contributed by atoms with E-state index >= 15 is 0 Å². The Labute approximate surface area is 95.8 Å². The Morgan fingerprint density at radius 1 is 1.56 bits per heavy atom. The number of pyridine rings is 1. The van der Waals surface area contributed by atoms with Crippen molar-refractivity contribution in [1.82, 2.24) is 15.2 Å². The second-order valence-corrected chi connectivity index (χ2v) is 3.41. The number of H-pyrrole nitrogens is 1. The second kappa shape index (κ2) is 4.19. The normalized spacial score (nSPS) is 10.1. The van der Waals surface area contributed by atoms with Gasteiger partial charge in [0, 0.05) is 11.9 Å². The van der Waals surface area contributed by atoms with Crippen LogP contribution in [0.3, 0.4) is 0 Å². The van der Waals surface area contributed by atoms with Crippen LogP contribution in [0, 0.1) is 0 Å². The zero-order valence-electron chi connectivity index (χ0n) is 8.07. The van der Waals surface area contributed by atoms with Crippen molar-refractivity contribution in [2.45, 2.75) is 0 Å². The van der Waals surface area contributed by atoms with Crippen LogP contribution >= 0.6 is 11.6 Å². The van der Waals surface area contributed by atoms with Gasteiger partial charge in [0.2, 0.25) is 0 Å². The number of aromatic amines is 1. The Hall–Kier alpha value is -2.08. The van der Waals surface area contributed by atoms with Crippen LogP contribution in [0.1, 0.15) is 10.5 Å². The van der Waals surface area contributed by atoms with Gasteiger partial charge < -0.3 is 11.1 Å². The number of nitrogens with two attached hydrogens (primary N) is 1. The third-order valence-electron chi connectivity index (χ3n) is 1.88. The first-order valence-corrected chi connectivity index (χ1v) is 4.76. The number of carbonyl (C=O) groups is 1. The zero-order valence-corrected chi connectivity index (χ0v) is 8.82. The summed E-state index contributed by atoms with van der Waals surface area (Å²) >= 11 is 5.68. The number of aromatic nitrogens is 3. The number of hydrogen-bond acceptors (Lipinski definition) is 4. The summed E-state index contributed by atoms with van der Waals surface area (Å²) in [5, 5.41) is 9.07. The molecule has 0 saturated heterocycles. The molecule has 16 heavy (non-hydrogen) atoms. The van der Waals surface area contributed by atoms with Crippen LogP contribution in [0.25, 0.3) is 0 Å². The van der Waals surface area contributed by atoms with Crippen LogP contribution < -0.4 is 11.1 Å². The van der Waals surface area contributed by atoms with Gasteiger partial charge in [0.25, 0.3) is 5.91 Å². The van der Waals surface area contributed by atoms with Gasteiger partial charge >= 0.3 is 0 Å². The lowest BCUT2D eigenvalue weighted by atomic mass is 10.3. The van der Waals surface area contributed by atoms with Crippen molar-refractivity contribution in [1.29, 1.82) is 0 Å². The smallest absolute Gasteiger partial charge is 0.275 e. The first kappa shape index (κ1) is 10.4. The van der Waals surface area contributed by atoms with Crippen molar-refractivity contribution in [3.8, 4) is 0 Å². The van der Waals surface area contributed by atoms with Crippen LogP contribution in [-0.4, -0.2) is 21.1 Å². The standard InChI is InChI=1S/C9H8ClN5O/c10-7-3-5(1-2-12-7)14-9(16)8-6(11)4-13-15-8/h1-4H,11H2,(H,13,15)(H,12,14,16). The third kappa shape index (κ3) is 2.12. The molecule has 0 atom stereocenters. The fourth-order valence-electron chi connectivity index (χ4n) is 1.15. The summed E-state index contributed by atoms with van der Waals surface area (Å²) in [5.74, 6) is -0.378.